The SMILES string of the molecule is CN(C)[C@H]1CCN(C(=O)[C@H]2CCc3c(sc4ncnc(Nc5cc6cn[nH]c6cn5)c34)C2)C1. The largest absolute Gasteiger partial charge is 0.341 e. The van der Waals surface area contributed by atoms with E-state index < -0.39 is 0 Å². The topological polar surface area (TPSA) is 103 Å². The lowest BCUT2D eigenvalue weighted by Gasteiger charge is -2.27. The minimum absolute atomic E-state index is 0.0565. The van der Waals surface area contributed by atoms with Crippen LogP contribution in [0.3, 0.4) is 0 Å². The molecule has 0 saturated carbocycles. The van der Waals surface area contributed by atoms with Gasteiger partial charge in [0.05, 0.1) is 23.3 Å². The molecule has 9 nitrogen and oxygen atoms in total. The molecule has 5 heterocycles. The average Bonchev–Trinajstić information content (AvgIpc) is 3.55. The van der Waals surface area contributed by atoms with Crippen LogP contribution in [0, 0.1) is 5.92 Å². The summed E-state index contributed by atoms with van der Waals surface area (Å²) < 4.78 is 0. The standard InChI is InChI=1S/C23H26N8OS/c1-30(2)15-5-6-31(11-15)23(32)13-3-4-16-18(7-13)33-22-20(16)21(25-12-26-22)28-19-8-14-9-27-29-17(14)10-24-19/h8-10,12-13,15H,3-7,11H2,1-2H3,(H,27,29)(H,24,25,26,28)/t13-,15-/m0/s1. The highest BCUT2D eigenvalue weighted by molar-refractivity contribution is 7.19. The zero-order chi connectivity index (χ0) is 22.5. The van der Waals surface area contributed by atoms with Crippen molar-refractivity contribution < 1.29 is 4.79 Å². The number of likely N-dealkylation sites (N-methyl/N-ethyl adjacent to an activating group) is 1. The average molecular weight is 463 g/mol. The van der Waals surface area contributed by atoms with E-state index in [1.54, 1.807) is 30.1 Å². The van der Waals surface area contributed by atoms with Gasteiger partial charge in [0.15, 0.2) is 0 Å². The number of rotatable bonds is 4. The number of hydrogen-bond donors (Lipinski definition) is 2. The zero-order valence-electron chi connectivity index (χ0n) is 18.7. The van der Waals surface area contributed by atoms with Gasteiger partial charge in [0.1, 0.15) is 22.8 Å². The third kappa shape index (κ3) is 3.63. The quantitative estimate of drug-likeness (QED) is 0.481. The monoisotopic (exact) mass is 462 g/mol. The summed E-state index contributed by atoms with van der Waals surface area (Å²) in [6.07, 6.45) is 8.72. The molecule has 6 rings (SSSR count). The van der Waals surface area contributed by atoms with E-state index in [1.807, 2.05) is 6.07 Å². The normalized spacial score (nSPS) is 20.6. The van der Waals surface area contributed by atoms with Gasteiger partial charge < -0.3 is 15.1 Å². The number of likely N-dealkylation sites (tertiary alicyclic amines) is 1. The molecule has 0 radical (unpaired) electrons. The van der Waals surface area contributed by atoms with Gasteiger partial charge in [-0.05, 0) is 51.4 Å². The first-order valence-electron chi connectivity index (χ1n) is 11.3. The van der Waals surface area contributed by atoms with Gasteiger partial charge in [-0.1, -0.05) is 0 Å². The van der Waals surface area contributed by atoms with Crippen LogP contribution in [-0.2, 0) is 17.6 Å². The Morgan fingerprint density at radius 2 is 2.15 bits per heavy atom. The third-order valence-corrected chi connectivity index (χ3v) is 8.13. The Morgan fingerprint density at radius 1 is 1.24 bits per heavy atom. The van der Waals surface area contributed by atoms with Crippen LogP contribution in [0.5, 0.6) is 0 Å². The fourth-order valence-corrected chi connectivity index (χ4v) is 6.34. The van der Waals surface area contributed by atoms with Gasteiger partial charge in [0.2, 0.25) is 5.91 Å². The molecule has 0 bridgehead atoms. The van der Waals surface area contributed by atoms with Gasteiger partial charge >= 0.3 is 0 Å². The Hall–Kier alpha value is -3.11. The molecule has 1 fully saturated rings. The number of thiophene rings is 1. The molecule has 0 unspecified atom stereocenters. The zero-order valence-corrected chi connectivity index (χ0v) is 19.5. The summed E-state index contributed by atoms with van der Waals surface area (Å²) in [6.45, 7) is 1.71. The molecular formula is C23H26N8OS. The second-order valence-corrected chi connectivity index (χ2v) is 10.3. The summed E-state index contributed by atoms with van der Waals surface area (Å²) in [4.78, 5) is 33.3. The number of aryl methyl sites for hydroxylation is 1. The van der Waals surface area contributed by atoms with Crippen molar-refractivity contribution in [3.05, 3.63) is 35.2 Å². The molecule has 4 aromatic rings. The second-order valence-electron chi connectivity index (χ2n) is 9.19. The molecule has 10 heteroatoms. The van der Waals surface area contributed by atoms with Gasteiger partial charge in [-0.25, -0.2) is 15.0 Å². The molecule has 1 saturated heterocycles. The number of aromatic nitrogens is 5. The van der Waals surface area contributed by atoms with Crippen LogP contribution in [0.2, 0.25) is 0 Å². The minimum Gasteiger partial charge on any atom is -0.341 e. The first-order chi connectivity index (χ1) is 16.1. The summed E-state index contributed by atoms with van der Waals surface area (Å²) >= 11 is 1.69. The van der Waals surface area contributed by atoms with E-state index in [4.69, 9.17) is 0 Å². The summed E-state index contributed by atoms with van der Waals surface area (Å²) in [5.41, 5.74) is 2.17. The number of nitrogens with zero attached hydrogens (tertiary/aromatic N) is 6. The molecule has 1 amide bonds. The van der Waals surface area contributed by atoms with Crippen molar-refractivity contribution in [1.29, 1.82) is 0 Å². The first-order valence-corrected chi connectivity index (χ1v) is 12.1. The summed E-state index contributed by atoms with van der Waals surface area (Å²) in [5, 5.41) is 12.4. The Labute approximate surface area is 195 Å². The van der Waals surface area contributed by atoms with Crippen molar-refractivity contribution in [2.45, 2.75) is 31.7 Å². The number of nitrogens with one attached hydrogen (secondary N) is 2. The van der Waals surface area contributed by atoms with Crippen LogP contribution in [0.15, 0.2) is 24.8 Å². The minimum atomic E-state index is 0.0565. The molecule has 33 heavy (non-hydrogen) atoms. The Morgan fingerprint density at radius 3 is 3.00 bits per heavy atom. The van der Waals surface area contributed by atoms with Crippen molar-refractivity contribution >= 4 is 50.0 Å². The molecule has 4 aromatic heterocycles. The fraction of sp³-hybridized carbons (Fsp3) is 0.435. The van der Waals surface area contributed by atoms with Crippen molar-refractivity contribution in [3.8, 4) is 0 Å². The van der Waals surface area contributed by atoms with E-state index in [1.165, 1.54) is 10.4 Å². The first kappa shape index (κ1) is 20.5. The molecule has 170 valence electrons. The highest BCUT2D eigenvalue weighted by atomic mass is 32.1. The van der Waals surface area contributed by atoms with E-state index in [0.717, 1.165) is 71.5 Å². The summed E-state index contributed by atoms with van der Waals surface area (Å²) in [7, 11) is 4.19. The molecule has 0 aromatic carbocycles. The number of carbonyl (C=O) groups is 1. The van der Waals surface area contributed by atoms with Crippen molar-refractivity contribution in [1.82, 2.24) is 34.9 Å². The van der Waals surface area contributed by atoms with Crippen LogP contribution in [0.1, 0.15) is 23.3 Å². The van der Waals surface area contributed by atoms with Crippen LogP contribution in [0.25, 0.3) is 21.1 Å². The summed E-state index contributed by atoms with van der Waals surface area (Å²) in [6, 6.07) is 2.42. The molecule has 1 aliphatic heterocycles. The van der Waals surface area contributed by atoms with E-state index in [-0.39, 0.29) is 5.92 Å². The highest BCUT2D eigenvalue weighted by Gasteiger charge is 2.35. The fourth-order valence-electron chi connectivity index (χ4n) is 5.07. The number of pyridine rings is 1. The molecular weight excluding hydrogens is 436 g/mol. The number of anilines is 2. The van der Waals surface area contributed by atoms with E-state index in [0.29, 0.717) is 11.9 Å². The predicted molar refractivity (Wildman–Crippen MR) is 129 cm³/mol. The smallest absolute Gasteiger partial charge is 0.226 e. The molecule has 2 atom stereocenters. The van der Waals surface area contributed by atoms with Crippen LogP contribution >= 0.6 is 11.3 Å². The van der Waals surface area contributed by atoms with E-state index in [9.17, 15) is 4.79 Å². The van der Waals surface area contributed by atoms with Gasteiger partial charge in [-0.15, -0.1) is 11.3 Å². The third-order valence-electron chi connectivity index (χ3n) is 6.97. The number of fused-ring (bicyclic) bond motifs is 4. The maximum atomic E-state index is 13.2. The number of H-pyrrole nitrogens is 1. The van der Waals surface area contributed by atoms with Gasteiger partial charge in [-0.2, -0.15) is 5.10 Å². The molecule has 0 spiro atoms. The van der Waals surface area contributed by atoms with E-state index >= 15 is 0 Å². The Bertz CT molecular complexity index is 1340. The van der Waals surface area contributed by atoms with Crippen LogP contribution in [0.4, 0.5) is 11.6 Å². The lowest BCUT2D eigenvalue weighted by molar-refractivity contribution is -0.134. The molecule has 2 N–H and O–H groups in total. The lowest BCUT2D eigenvalue weighted by Crippen LogP contribution is -2.39. The van der Waals surface area contributed by atoms with Crippen LogP contribution < -0.4 is 5.32 Å². The number of aromatic amines is 1. The molecule has 1 aliphatic carbocycles. The van der Waals surface area contributed by atoms with Crippen molar-refractivity contribution in [3.63, 3.8) is 0 Å². The highest BCUT2D eigenvalue weighted by Crippen LogP contribution is 2.41. The Balaban J connectivity index is 1.25. The van der Waals surface area contributed by atoms with Gasteiger partial charge in [0, 0.05) is 35.3 Å². The second kappa shape index (κ2) is 8.03. The maximum absolute atomic E-state index is 13.2. The summed E-state index contributed by atoms with van der Waals surface area (Å²) in [5.74, 6) is 1.86. The van der Waals surface area contributed by atoms with E-state index in [2.05, 4.69) is 54.4 Å². The molecule has 2 aliphatic rings. The van der Waals surface area contributed by atoms with Crippen molar-refractivity contribution in [2.24, 2.45) is 5.92 Å². The number of carbonyl (C=O) groups excluding carboxylic acids is 1. The predicted octanol–water partition coefficient (Wildman–Crippen LogP) is 2.97. The van der Waals surface area contributed by atoms with Crippen molar-refractivity contribution in [2.75, 3.05) is 32.5 Å². The number of amides is 1. The van der Waals surface area contributed by atoms with Gasteiger partial charge in [0.25, 0.3) is 0 Å². The van der Waals surface area contributed by atoms with Gasteiger partial charge in [-0.3, -0.25) is 9.89 Å². The lowest BCUT2D eigenvalue weighted by atomic mass is 9.87. The van der Waals surface area contributed by atoms with Crippen LogP contribution in [-0.4, -0.2) is 74.1 Å². The maximum Gasteiger partial charge on any atom is 0.226 e. The Kier molecular flexibility index (Phi) is 4.99. The number of hydrogen-bond acceptors (Lipinski definition) is 8.